The molecule has 1 N–H and O–H groups in total. The molecule has 0 aromatic carbocycles. The zero-order valence-corrected chi connectivity index (χ0v) is 8.51. The minimum Gasteiger partial charge on any atom is -0.469 e. The fourth-order valence-corrected chi connectivity index (χ4v) is 1.04. The van der Waals surface area contributed by atoms with E-state index in [1.54, 1.807) is 30.5 Å². The number of ether oxygens (including phenoxy) is 1. The van der Waals surface area contributed by atoms with Gasteiger partial charge in [-0.15, -0.1) is 0 Å². The van der Waals surface area contributed by atoms with E-state index in [-0.39, 0.29) is 19.0 Å². The molecule has 1 rings (SSSR count). The van der Waals surface area contributed by atoms with Crippen LogP contribution in [0.5, 0.6) is 0 Å². The highest BCUT2D eigenvalue weighted by Crippen LogP contribution is 2.04. The zero-order valence-electron chi connectivity index (χ0n) is 8.51. The van der Waals surface area contributed by atoms with Crippen molar-refractivity contribution in [2.75, 3.05) is 7.11 Å². The van der Waals surface area contributed by atoms with Crippen LogP contribution < -0.4 is 0 Å². The monoisotopic (exact) mass is 207 g/mol. The zero-order chi connectivity index (χ0) is 11.1. The van der Waals surface area contributed by atoms with Gasteiger partial charge in [0.2, 0.25) is 0 Å². The lowest BCUT2D eigenvalue weighted by Gasteiger charge is -1.97. The van der Waals surface area contributed by atoms with Crippen molar-refractivity contribution in [2.45, 2.75) is 13.0 Å². The smallest absolute Gasteiger partial charge is 0.309 e. The van der Waals surface area contributed by atoms with Gasteiger partial charge in [-0.05, 0) is 23.8 Å². The molecule has 1 heterocycles. The van der Waals surface area contributed by atoms with Gasteiger partial charge in [0.05, 0.1) is 25.8 Å². The normalized spacial score (nSPS) is 10.5. The summed E-state index contributed by atoms with van der Waals surface area (Å²) < 4.78 is 4.48. The second-order valence-corrected chi connectivity index (χ2v) is 2.93. The molecule has 4 nitrogen and oxygen atoms in total. The molecule has 1 aromatic rings. The van der Waals surface area contributed by atoms with Crippen molar-refractivity contribution < 1.29 is 14.6 Å². The van der Waals surface area contributed by atoms with E-state index < -0.39 is 0 Å². The third kappa shape index (κ3) is 3.91. The number of carbonyl (C=O) groups is 1. The van der Waals surface area contributed by atoms with E-state index in [9.17, 15) is 4.79 Å². The fraction of sp³-hybridized carbons (Fsp3) is 0.273. The maximum absolute atomic E-state index is 10.8. The van der Waals surface area contributed by atoms with E-state index in [0.29, 0.717) is 5.69 Å². The quantitative estimate of drug-likeness (QED) is 0.752. The van der Waals surface area contributed by atoms with Crippen molar-refractivity contribution in [3.63, 3.8) is 0 Å². The summed E-state index contributed by atoms with van der Waals surface area (Å²) in [5.74, 6) is -0.287. The molecule has 1 aromatic heterocycles. The standard InChI is InChI=1S/C11H13NO3/c1-15-11(14)4-2-3-10-7-9(8-13)5-6-12-10/h2-3,5-7,13H,4,8H2,1H3. The summed E-state index contributed by atoms with van der Waals surface area (Å²) in [7, 11) is 1.35. The SMILES string of the molecule is COC(=O)CC=Cc1cc(CO)ccn1. The van der Waals surface area contributed by atoms with Crippen LogP contribution in [-0.4, -0.2) is 23.2 Å². The van der Waals surface area contributed by atoms with Crippen LogP contribution in [0.25, 0.3) is 6.08 Å². The molecule has 4 heteroatoms. The average Bonchev–Trinajstić information content (AvgIpc) is 2.29. The predicted octanol–water partition coefficient (Wildman–Crippen LogP) is 1.15. The number of aliphatic hydroxyl groups is 1. The van der Waals surface area contributed by atoms with Crippen LogP contribution in [0.15, 0.2) is 24.4 Å². The Morgan fingerprint density at radius 3 is 3.13 bits per heavy atom. The predicted molar refractivity (Wildman–Crippen MR) is 55.8 cm³/mol. The third-order valence-corrected chi connectivity index (χ3v) is 1.83. The van der Waals surface area contributed by atoms with Crippen LogP contribution in [0.2, 0.25) is 0 Å². The number of nitrogens with zero attached hydrogens (tertiary/aromatic N) is 1. The molecular formula is C11H13NO3. The van der Waals surface area contributed by atoms with Crippen LogP contribution in [0.4, 0.5) is 0 Å². The molecule has 0 aliphatic heterocycles. The van der Waals surface area contributed by atoms with Gasteiger partial charge in [-0.25, -0.2) is 0 Å². The maximum Gasteiger partial charge on any atom is 0.309 e. The first kappa shape index (κ1) is 11.4. The Morgan fingerprint density at radius 2 is 2.47 bits per heavy atom. The highest BCUT2D eigenvalue weighted by atomic mass is 16.5. The molecule has 0 aliphatic carbocycles. The van der Waals surface area contributed by atoms with Crippen LogP contribution >= 0.6 is 0 Å². The lowest BCUT2D eigenvalue weighted by atomic mass is 10.2. The summed E-state index contributed by atoms with van der Waals surface area (Å²) in [4.78, 5) is 14.9. The van der Waals surface area contributed by atoms with Gasteiger partial charge in [-0.2, -0.15) is 0 Å². The number of hydrogen-bond donors (Lipinski definition) is 1. The third-order valence-electron chi connectivity index (χ3n) is 1.83. The number of aromatic nitrogens is 1. The number of aliphatic hydroxyl groups excluding tert-OH is 1. The molecule has 0 aliphatic rings. The van der Waals surface area contributed by atoms with Crippen molar-refractivity contribution in [2.24, 2.45) is 0 Å². The van der Waals surface area contributed by atoms with Crippen LogP contribution in [0, 0.1) is 0 Å². The van der Waals surface area contributed by atoms with Gasteiger partial charge in [0.15, 0.2) is 0 Å². The van der Waals surface area contributed by atoms with Crippen LogP contribution in [-0.2, 0) is 16.1 Å². The van der Waals surface area contributed by atoms with Crippen molar-refractivity contribution in [3.05, 3.63) is 35.7 Å². The molecule has 0 unspecified atom stereocenters. The van der Waals surface area contributed by atoms with Crippen LogP contribution in [0.1, 0.15) is 17.7 Å². The van der Waals surface area contributed by atoms with Crippen molar-refractivity contribution in [1.29, 1.82) is 0 Å². The first-order chi connectivity index (χ1) is 7.26. The number of hydrogen-bond acceptors (Lipinski definition) is 4. The average molecular weight is 207 g/mol. The Bertz CT molecular complexity index is 361. The second-order valence-electron chi connectivity index (χ2n) is 2.93. The molecule has 0 atom stereocenters. The number of carbonyl (C=O) groups excluding carboxylic acids is 1. The van der Waals surface area contributed by atoms with Gasteiger partial charge in [0, 0.05) is 6.20 Å². The maximum atomic E-state index is 10.8. The molecule has 0 radical (unpaired) electrons. The van der Waals surface area contributed by atoms with Gasteiger partial charge in [-0.1, -0.05) is 6.08 Å². The van der Waals surface area contributed by atoms with E-state index in [2.05, 4.69) is 9.72 Å². The van der Waals surface area contributed by atoms with Gasteiger partial charge in [0.1, 0.15) is 0 Å². The summed E-state index contributed by atoms with van der Waals surface area (Å²) in [5.41, 5.74) is 1.51. The summed E-state index contributed by atoms with van der Waals surface area (Å²) >= 11 is 0. The Labute approximate surface area is 88.2 Å². The molecule has 0 fully saturated rings. The van der Waals surface area contributed by atoms with Gasteiger partial charge >= 0.3 is 5.97 Å². The number of esters is 1. The molecular weight excluding hydrogens is 194 g/mol. The summed E-state index contributed by atoms with van der Waals surface area (Å²) in [6.07, 6.45) is 5.23. The summed E-state index contributed by atoms with van der Waals surface area (Å²) in [6.45, 7) is -0.0135. The Balaban J connectivity index is 2.59. The lowest BCUT2D eigenvalue weighted by molar-refractivity contribution is -0.139. The van der Waals surface area contributed by atoms with Crippen molar-refractivity contribution in [1.82, 2.24) is 4.98 Å². The molecule has 0 amide bonds. The van der Waals surface area contributed by atoms with Crippen molar-refractivity contribution >= 4 is 12.0 Å². The molecule has 80 valence electrons. The molecule has 0 spiro atoms. The van der Waals surface area contributed by atoms with Crippen LogP contribution in [0.3, 0.4) is 0 Å². The Morgan fingerprint density at radius 1 is 1.67 bits per heavy atom. The number of methoxy groups -OCH3 is 1. The molecule has 0 saturated heterocycles. The fourth-order valence-electron chi connectivity index (χ4n) is 1.04. The first-order valence-corrected chi connectivity index (χ1v) is 4.55. The van der Waals surface area contributed by atoms with Gasteiger partial charge < -0.3 is 9.84 Å². The van der Waals surface area contributed by atoms with E-state index in [1.165, 1.54) is 7.11 Å². The summed E-state index contributed by atoms with van der Waals surface area (Å²) in [6, 6.07) is 3.49. The topological polar surface area (TPSA) is 59.4 Å². The first-order valence-electron chi connectivity index (χ1n) is 4.55. The number of pyridine rings is 1. The molecule has 0 saturated carbocycles. The van der Waals surface area contributed by atoms with E-state index in [0.717, 1.165) is 5.56 Å². The minimum absolute atomic E-state index is 0.0135. The highest BCUT2D eigenvalue weighted by molar-refractivity contribution is 5.72. The second kappa shape index (κ2) is 5.93. The lowest BCUT2D eigenvalue weighted by Crippen LogP contribution is -1.96. The largest absolute Gasteiger partial charge is 0.469 e. The van der Waals surface area contributed by atoms with Gasteiger partial charge in [0.25, 0.3) is 0 Å². The van der Waals surface area contributed by atoms with E-state index in [1.807, 2.05) is 0 Å². The van der Waals surface area contributed by atoms with Gasteiger partial charge in [-0.3, -0.25) is 9.78 Å². The Kier molecular flexibility index (Phi) is 4.50. The minimum atomic E-state index is -0.287. The summed E-state index contributed by atoms with van der Waals surface area (Å²) in [5, 5.41) is 8.89. The van der Waals surface area contributed by atoms with E-state index in [4.69, 9.17) is 5.11 Å². The highest BCUT2D eigenvalue weighted by Gasteiger charge is 1.95. The van der Waals surface area contributed by atoms with E-state index >= 15 is 0 Å². The molecule has 0 bridgehead atoms. The Hall–Kier alpha value is -1.68. The molecule has 15 heavy (non-hydrogen) atoms. The number of rotatable bonds is 4. The van der Waals surface area contributed by atoms with Crippen molar-refractivity contribution in [3.8, 4) is 0 Å².